The fourth-order valence-electron chi connectivity index (χ4n) is 1.55. The number of carboxylic acids is 1. The number of aliphatic carboxylic acids is 1. The number of nitrogens with zero attached hydrogens (tertiary/aromatic N) is 1. The highest BCUT2D eigenvalue weighted by molar-refractivity contribution is 5.84. The summed E-state index contributed by atoms with van der Waals surface area (Å²) in [7, 11) is 0. The average molecular weight is 282 g/mol. The summed E-state index contributed by atoms with van der Waals surface area (Å²) in [6, 6.07) is 3.35. The van der Waals surface area contributed by atoms with Crippen LogP contribution in [0.5, 0.6) is 0 Å². The number of amides is 1. The second-order valence-electron chi connectivity index (χ2n) is 4.07. The molecule has 0 saturated carbocycles. The van der Waals surface area contributed by atoms with Crippen molar-refractivity contribution in [3.8, 4) is 6.07 Å². The topological polar surface area (TPSA) is 90.2 Å². The molecule has 0 fully saturated rings. The number of hydrogen-bond donors (Lipinski definition) is 2. The summed E-state index contributed by atoms with van der Waals surface area (Å²) in [5.41, 5.74) is -0.0340. The standard InChI is InChI=1S/C13H12F2N2O3/c14-9-4-3-8(10(15)7-9)6-12(18)17-11(13(19)20)2-1-5-16/h3-4,7,11H,1-2,6H2,(H,17,18)(H,19,20)/t11-/m0/s1. The van der Waals surface area contributed by atoms with Crippen LogP contribution in [-0.2, 0) is 16.0 Å². The van der Waals surface area contributed by atoms with E-state index >= 15 is 0 Å². The largest absolute Gasteiger partial charge is 0.480 e. The van der Waals surface area contributed by atoms with Crippen molar-refractivity contribution >= 4 is 11.9 Å². The van der Waals surface area contributed by atoms with Gasteiger partial charge in [-0.25, -0.2) is 13.6 Å². The van der Waals surface area contributed by atoms with Crippen LogP contribution in [0.2, 0.25) is 0 Å². The Morgan fingerprint density at radius 2 is 2.10 bits per heavy atom. The fourth-order valence-corrected chi connectivity index (χ4v) is 1.55. The lowest BCUT2D eigenvalue weighted by atomic mass is 10.1. The molecule has 0 spiro atoms. The van der Waals surface area contributed by atoms with Crippen LogP contribution in [0.15, 0.2) is 18.2 Å². The maximum atomic E-state index is 13.3. The highest BCUT2D eigenvalue weighted by Crippen LogP contribution is 2.10. The van der Waals surface area contributed by atoms with Crippen LogP contribution in [0.4, 0.5) is 8.78 Å². The summed E-state index contributed by atoms with van der Waals surface area (Å²) in [5.74, 6) is -3.61. The van der Waals surface area contributed by atoms with Crippen molar-refractivity contribution in [2.24, 2.45) is 0 Å². The van der Waals surface area contributed by atoms with Crippen LogP contribution in [0.3, 0.4) is 0 Å². The molecule has 5 nitrogen and oxygen atoms in total. The Morgan fingerprint density at radius 1 is 1.40 bits per heavy atom. The molecule has 0 saturated heterocycles. The summed E-state index contributed by atoms with van der Waals surface area (Å²) >= 11 is 0. The van der Waals surface area contributed by atoms with Gasteiger partial charge in [-0.3, -0.25) is 4.79 Å². The predicted octanol–water partition coefficient (Wildman–Crippen LogP) is 1.38. The molecule has 106 valence electrons. The highest BCUT2D eigenvalue weighted by Gasteiger charge is 2.20. The summed E-state index contributed by atoms with van der Waals surface area (Å²) in [6.45, 7) is 0. The molecule has 0 radical (unpaired) electrons. The van der Waals surface area contributed by atoms with Gasteiger partial charge in [-0.05, 0) is 18.1 Å². The lowest BCUT2D eigenvalue weighted by molar-refractivity contribution is -0.141. The number of rotatable bonds is 6. The predicted molar refractivity (Wildman–Crippen MR) is 64.5 cm³/mol. The Bertz CT molecular complexity index is 555. The third-order valence-electron chi connectivity index (χ3n) is 2.54. The smallest absolute Gasteiger partial charge is 0.326 e. The number of carbonyl (C=O) groups is 2. The Labute approximate surface area is 113 Å². The molecule has 2 N–H and O–H groups in total. The van der Waals surface area contributed by atoms with Crippen molar-refractivity contribution in [1.29, 1.82) is 5.26 Å². The van der Waals surface area contributed by atoms with Crippen LogP contribution in [0.25, 0.3) is 0 Å². The van der Waals surface area contributed by atoms with Gasteiger partial charge in [0, 0.05) is 12.5 Å². The van der Waals surface area contributed by atoms with Crippen LogP contribution in [0.1, 0.15) is 18.4 Å². The van der Waals surface area contributed by atoms with Gasteiger partial charge in [-0.15, -0.1) is 0 Å². The third-order valence-corrected chi connectivity index (χ3v) is 2.54. The van der Waals surface area contributed by atoms with Gasteiger partial charge in [0.2, 0.25) is 5.91 Å². The van der Waals surface area contributed by atoms with E-state index in [9.17, 15) is 18.4 Å². The summed E-state index contributed by atoms with van der Waals surface area (Å²) in [5, 5.41) is 19.4. The Kier molecular flexibility index (Phi) is 5.59. The SMILES string of the molecule is N#CCC[C@H](NC(=O)Cc1ccc(F)cc1F)C(=O)O. The van der Waals surface area contributed by atoms with Crippen molar-refractivity contribution in [3.63, 3.8) is 0 Å². The molecular weight excluding hydrogens is 270 g/mol. The zero-order valence-corrected chi connectivity index (χ0v) is 10.4. The van der Waals surface area contributed by atoms with Crippen molar-refractivity contribution in [2.75, 3.05) is 0 Å². The molecule has 0 bridgehead atoms. The molecule has 1 amide bonds. The van der Waals surface area contributed by atoms with Gasteiger partial charge < -0.3 is 10.4 Å². The van der Waals surface area contributed by atoms with Crippen LogP contribution >= 0.6 is 0 Å². The minimum atomic E-state index is -1.27. The van der Waals surface area contributed by atoms with E-state index in [4.69, 9.17) is 10.4 Å². The molecule has 1 aromatic carbocycles. The second kappa shape index (κ2) is 7.19. The molecule has 0 heterocycles. The fraction of sp³-hybridized carbons (Fsp3) is 0.308. The van der Waals surface area contributed by atoms with E-state index < -0.39 is 36.0 Å². The van der Waals surface area contributed by atoms with Gasteiger partial charge >= 0.3 is 5.97 Å². The second-order valence-corrected chi connectivity index (χ2v) is 4.07. The summed E-state index contributed by atoms with van der Waals surface area (Å²) < 4.78 is 26.0. The van der Waals surface area contributed by atoms with E-state index in [-0.39, 0.29) is 18.4 Å². The molecule has 0 aromatic heterocycles. The molecule has 0 unspecified atom stereocenters. The first kappa shape index (κ1) is 15.6. The first-order valence-electron chi connectivity index (χ1n) is 5.77. The van der Waals surface area contributed by atoms with Crippen molar-refractivity contribution in [1.82, 2.24) is 5.32 Å². The van der Waals surface area contributed by atoms with Crippen molar-refractivity contribution in [2.45, 2.75) is 25.3 Å². The van der Waals surface area contributed by atoms with Gasteiger partial charge in [0.05, 0.1) is 12.5 Å². The Hall–Kier alpha value is -2.49. The van der Waals surface area contributed by atoms with E-state index in [1.807, 2.05) is 0 Å². The van der Waals surface area contributed by atoms with Gasteiger partial charge in [0.15, 0.2) is 0 Å². The van der Waals surface area contributed by atoms with Crippen molar-refractivity contribution < 1.29 is 23.5 Å². The molecule has 7 heteroatoms. The molecule has 0 aliphatic heterocycles. The van der Waals surface area contributed by atoms with Gasteiger partial charge in [0.25, 0.3) is 0 Å². The highest BCUT2D eigenvalue weighted by atomic mass is 19.1. The van der Waals surface area contributed by atoms with Crippen molar-refractivity contribution in [3.05, 3.63) is 35.4 Å². The Morgan fingerprint density at radius 3 is 2.65 bits per heavy atom. The monoisotopic (exact) mass is 282 g/mol. The molecule has 0 aliphatic carbocycles. The normalized spacial score (nSPS) is 11.4. The maximum absolute atomic E-state index is 13.3. The zero-order valence-electron chi connectivity index (χ0n) is 10.4. The minimum absolute atomic E-state index is 0.0256. The quantitative estimate of drug-likeness (QED) is 0.824. The molecule has 1 atom stereocenters. The summed E-state index contributed by atoms with van der Waals surface area (Å²) in [4.78, 5) is 22.5. The lowest BCUT2D eigenvalue weighted by Gasteiger charge is -2.13. The van der Waals surface area contributed by atoms with E-state index in [2.05, 4.69) is 5.32 Å². The molecule has 1 rings (SSSR count). The number of halogens is 2. The van der Waals surface area contributed by atoms with E-state index in [1.54, 1.807) is 6.07 Å². The zero-order chi connectivity index (χ0) is 15.1. The van der Waals surface area contributed by atoms with E-state index in [1.165, 1.54) is 0 Å². The maximum Gasteiger partial charge on any atom is 0.326 e. The molecule has 0 aliphatic rings. The van der Waals surface area contributed by atoms with Crippen LogP contribution in [0, 0.1) is 23.0 Å². The minimum Gasteiger partial charge on any atom is -0.480 e. The number of carbonyl (C=O) groups excluding carboxylic acids is 1. The molecule has 20 heavy (non-hydrogen) atoms. The summed E-state index contributed by atoms with van der Waals surface area (Å²) in [6.07, 6.45) is -0.464. The molecular formula is C13H12F2N2O3. The van der Waals surface area contributed by atoms with Crippen LogP contribution in [-0.4, -0.2) is 23.0 Å². The number of nitrogens with one attached hydrogen (secondary N) is 1. The van der Waals surface area contributed by atoms with Gasteiger partial charge in [-0.1, -0.05) is 6.07 Å². The van der Waals surface area contributed by atoms with Crippen LogP contribution < -0.4 is 5.32 Å². The number of benzene rings is 1. The first-order valence-corrected chi connectivity index (χ1v) is 5.77. The number of hydrogen-bond acceptors (Lipinski definition) is 3. The number of carboxylic acid groups (broad SMARTS) is 1. The van der Waals surface area contributed by atoms with E-state index in [0.29, 0.717) is 6.07 Å². The lowest BCUT2D eigenvalue weighted by Crippen LogP contribution is -2.41. The van der Waals surface area contributed by atoms with Gasteiger partial charge in [-0.2, -0.15) is 5.26 Å². The van der Waals surface area contributed by atoms with Gasteiger partial charge in [0.1, 0.15) is 17.7 Å². The van der Waals surface area contributed by atoms with E-state index in [0.717, 1.165) is 12.1 Å². The molecule has 1 aromatic rings. The third kappa shape index (κ3) is 4.65. The first-order chi connectivity index (χ1) is 9.43. The number of nitriles is 1. The Balaban J connectivity index is 2.66. The average Bonchev–Trinajstić information content (AvgIpc) is 2.37.